The van der Waals surface area contributed by atoms with Crippen LogP contribution in [0.5, 0.6) is 0 Å². The summed E-state index contributed by atoms with van der Waals surface area (Å²) in [6.07, 6.45) is 1.42. The van der Waals surface area contributed by atoms with Gasteiger partial charge in [-0.25, -0.2) is 13.2 Å². The zero-order chi connectivity index (χ0) is 11.8. The maximum Gasteiger partial charge on any atom is 0.213 e. The topological polar surface area (TPSA) is 26.0 Å². The van der Waals surface area contributed by atoms with Crippen molar-refractivity contribution in [3.8, 4) is 0 Å². The van der Waals surface area contributed by atoms with Crippen LogP contribution in [0, 0.1) is 5.82 Å². The van der Waals surface area contributed by atoms with E-state index in [2.05, 4.69) is 0 Å². The van der Waals surface area contributed by atoms with Gasteiger partial charge in [-0.15, -0.1) is 0 Å². The molecule has 2 rings (SSSR count). The van der Waals surface area contributed by atoms with Crippen molar-refractivity contribution in [1.82, 2.24) is 0 Å². The molecule has 1 aromatic rings. The Morgan fingerprint density at radius 3 is 2.69 bits per heavy atom. The lowest BCUT2D eigenvalue weighted by atomic mass is 9.95. The van der Waals surface area contributed by atoms with Crippen LogP contribution in [0.2, 0.25) is 0 Å². The number of nitrogens with two attached hydrogens (primary N) is 1. The monoisotopic (exact) mass is 225 g/mol. The Bertz CT molecular complexity index is 463. The Morgan fingerprint density at radius 1 is 1.31 bits per heavy atom. The van der Waals surface area contributed by atoms with Gasteiger partial charge in [-0.05, 0) is 35.4 Å². The van der Waals surface area contributed by atoms with E-state index in [-0.39, 0.29) is 0 Å². The van der Waals surface area contributed by atoms with Gasteiger partial charge >= 0.3 is 0 Å². The van der Waals surface area contributed by atoms with Gasteiger partial charge in [0.15, 0.2) is 6.17 Å². The number of hydrogen-bond donors (Lipinski definition) is 1. The van der Waals surface area contributed by atoms with Crippen LogP contribution in [-0.4, -0.2) is 12.0 Å². The number of benzene rings is 1. The minimum atomic E-state index is -2.48. The van der Waals surface area contributed by atoms with Crippen molar-refractivity contribution < 1.29 is 13.2 Å². The minimum absolute atomic E-state index is 0.422. The standard InChI is InChI=1S/C12H10F3N/c13-10-3-1-2-8(6-10)9-4-5-12(15,16)11(14)7-9/h1-7,11H,16H2. The lowest BCUT2D eigenvalue weighted by molar-refractivity contribution is 0.132. The van der Waals surface area contributed by atoms with Crippen LogP contribution in [-0.2, 0) is 0 Å². The van der Waals surface area contributed by atoms with Gasteiger partial charge in [0, 0.05) is 0 Å². The largest absolute Gasteiger partial charge is 0.293 e. The summed E-state index contributed by atoms with van der Waals surface area (Å²) in [6, 6.07) is 5.66. The van der Waals surface area contributed by atoms with Crippen LogP contribution in [0.4, 0.5) is 13.2 Å². The van der Waals surface area contributed by atoms with Gasteiger partial charge in [0.2, 0.25) is 5.79 Å². The molecule has 84 valence electrons. The Hall–Kier alpha value is -1.55. The molecule has 0 aliphatic heterocycles. The number of hydrogen-bond acceptors (Lipinski definition) is 1. The predicted molar refractivity (Wildman–Crippen MR) is 56.4 cm³/mol. The number of halogens is 3. The first-order valence-electron chi connectivity index (χ1n) is 4.78. The van der Waals surface area contributed by atoms with E-state index in [0.29, 0.717) is 11.1 Å². The summed E-state index contributed by atoms with van der Waals surface area (Å²) < 4.78 is 39.4. The van der Waals surface area contributed by atoms with Gasteiger partial charge in [-0.1, -0.05) is 18.2 Å². The summed E-state index contributed by atoms with van der Waals surface area (Å²) in [4.78, 5) is 0. The van der Waals surface area contributed by atoms with E-state index in [1.165, 1.54) is 24.3 Å². The van der Waals surface area contributed by atoms with E-state index < -0.39 is 17.8 Å². The van der Waals surface area contributed by atoms with E-state index in [1.54, 1.807) is 6.07 Å². The molecule has 1 aliphatic carbocycles. The van der Waals surface area contributed by atoms with E-state index >= 15 is 0 Å². The first-order chi connectivity index (χ1) is 7.49. The second kappa shape index (κ2) is 3.79. The predicted octanol–water partition coefficient (Wildman–Crippen LogP) is 2.74. The fraction of sp³-hybridized carbons (Fsp3) is 0.167. The van der Waals surface area contributed by atoms with Crippen LogP contribution in [0.25, 0.3) is 5.57 Å². The quantitative estimate of drug-likeness (QED) is 0.731. The molecule has 2 unspecified atom stereocenters. The van der Waals surface area contributed by atoms with Crippen molar-refractivity contribution in [3.63, 3.8) is 0 Å². The molecule has 2 atom stereocenters. The number of allylic oxidation sites excluding steroid dienone is 2. The van der Waals surface area contributed by atoms with Gasteiger partial charge in [-0.3, -0.25) is 5.73 Å². The maximum atomic E-state index is 13.3. The fourth-order valence-electron chi connectivity index (χ4n) is 1.51. The molecule has 0 fully saturated rings. The summed E-state index contributed by atoms with van der Waals surface area (Å²) in [5.74, 6) is -2.90. The molecule has 1 aliphatic rings. The normalized spacial score (nSPS) is 29.0. The lowest BCUT2D eigenvalue weighted by Crippen LogP contribution is -2.42. The average Bonchev–Trinajstić information content (AvgIpc) is 2.22. The Morgan fingerprint density at radius 2 is 2.06 bits per heavy atom. The third-order valence-electron chi connectivity index (χ3n) is 2.42. The molecule has 0 aromatic heterocycles. The number of rotatable bonds is 1. The van der Waals surface area contributed by atoms with E-state index in [0.717, 1.165) is 12.2 Å². The number of alkyl halides is 2. The first kappa shape index (κ1) is 11.0. The van der Waals surface area contributed by atoms with Crippen molar-refractivity contribution in [3.05, 3.63) is 53.9 Å². The zero-order valence-corrected chi connectivity index (χ0v) is 8.33. The van der Waals surface area contributed by atoms with Crippen molar-refractivity contribution in [1.29, 1.82) is 0 Å². The van der Waals surface area contributed by atoms with Gasteiger partial charge in [0.25, 0.3) is 0 Å². The highest BCUT2D eigenvalue weighted by Gasteiger charge is 2.33. The highest BCUT2D eigenvalue weighted by Crippen LogP contribution is 2.28. The SMILES string of the molecule is NC1(F)C=CC(c2cccc(F)c2)=CC1F. The van der Waals surface area contributed by atoms with Crippen LogP contribution < -0.4 is 5.73 Å². The lowest BCUT2D eigenvalue weighted by Gasteiger charge is -2.23. The summed E-state index contributed by atoms with van der Waals surface area (Å²) in [7, 11) is 0. The molecule has 0 heterocycles. The molecule has 0 spiro atoms. The summed E-state index contributed by atoms with van der Waals surface area (Å²) in [5, 5.41) is 0. The minimum Gasteiger partial charge on any atom is -0.293 e. The van der Waals surface area contributed by atoms with E-state index in [9.17, 15) is 13.2 Å². The fourth-order valence-corrected chi connectivity index (χ4v) is 1.51. The summed E-state index contributed by atoms with van der Waals surface area (Å²) >= 11 is 0. The molecule has 1 nitrogen and oxygen atoms in total. The second-order valence-electron chi connectivity index (χ2n) is 3.69. The smallest absolute Gasteiger partial charge is 0.213 e. The molecule has 0 bridgehead atoms. The average molecular weight is 225 g/mol. The Labute approximate surface area is 91.1 Å². The first-order valence-corrected chi connectivity index (χ1v) is 4.78. The van der Waals surface area contributed by atoms with Crippen LogP contribution in [0.15, 0.2) is 42.5 Å². The van der Waals surface area contributed by atoms with Crippen molar-refractivity contribution in [2.45, 2.75) is 12.0 Å². The van der Waals surface area contributed by atoms with Gasteiger partial charge in [0.1, 0.15) is 5.82 Å². The van der Waals surface area contributed by atoms with Gasteiger partial charge < -0.3 is 0 Å². The van der Waals surface area contributed by atoms with Gasteiger partial charge in [-0.2, -0.15) is 0 Å². The molecule has 0 saturated carbocycles. The van der Waals surface area contributed by atoms with E-state index in [1.807, 2.05) is 0 Å². The third kappa shape index (κ3) is 2.02. The maximum absolute atomic E-state index is 13.3. The third-order valence-corrected chi connectivity index (χ3v) is 2.42. The highest BCUT2D eigenvalue weighted by atomic mass is 19.2. The van der Waals surface area contributed by atoms with Crippen LogP contribution in [0.3, 0.4) is 0 Å². The molecule has 2 N–H and O–H groups in total. The molecule has 16 heavy (non-hydrogen) atoms. The van der Waals surface area contributed by atoms with Crippen molar-refractivity contribution >= 4 is 5.57 Å². The molecule has 0 radical (unpaired) electrons. The van der Waals surface area contributed by atoms with E-state index in [4.69, 9.17) is 5.73 Å². The summed E-state index contributed by atoms with van der Waals surface area (Å²) in [5.41, 5.74) is 5.96. The molecule has 4 heteroatoms. The molecular formula is C12H10F3N. The van der Waals surface area contributed by atoms with Crippen LogP contribution >= 0.6 is 0 Å². The highest BCUT2D eigenvalue weighted by molar-refractivity contribution is 5.76. The molecule has 0 amide bonds. The van der Waals surface area contributed by atoms with Gasteiger partial charge in [0.05, 0.1) is 0 Å². The molecule has 0 saturated heterocycles. The van der Waals surface area contributed by atoms with Crippen molar-refractivity contribution in [2.24, 2.45) is 5.73 Å². The Kier molecular flexibility index (Phi) is 2.59. The zero-order valence-electron chi connectivity index (χ0n) is 8.33. The van der Waals surface area contributed by atoms with Crippen molar-refractivity contribution in [2.75, 3.05) is 0 Å². The molecular weight excluding hydrogens is 215 g/mol. The summed E-state index contributed by atoms with van der Waals surface area (Å²) in [6.45, 7) is 0. The van der Waals surface area contributed by atoms with Crippen LogP contribution in [0.1, 0.15) is 5.56 Å². The molecule has 1 aromatic carbocycles. The second-order valence-corrected chi connectivity index (χ2v) is 3.69. The Balaban J connectivity index is 2.35.